The summed E-state index contributed by atoms with van der Waals surface area (Å²) in [7, 11) is 0. The first-order valence-corrected chi connectivity index (χ1v) is 5.96. The lowest BCUT2D eigenvalue weighted by molar-refractivity contribution is 0.340. The van der Waals surface area contributed by atoms with Gasteiger partial charge < -0.3 is 15.8 Å². The normalized spacial score (nSPS) is 10.1. The fraction of sp³-hybridized carbons (Fsp3) is 0.214. The van der Waals surface area contributed by atoms with Crippen molar-refractivity contribution in [3.63, 3.8) is 0 Å². The van der Waals surface area contributed by atoms with Gasteiger partial charge in [0.05, 0.1) is 6.61 Å². The smallest absolute Gasteiger partial charge is 0.128 e. The van der Waals surface area contributed by atoms with Crippen LogP contribution in [0.5, 0.6) is 5.75 Å². The number of rotatable bonds is 5. The molecule has 0 saturated heterocycles. The van der Waals surface area contributed by atoms with E-state index in [-0.39, 0.29) is 0 Å². The predicted octanol–water partition coefficient (Wildman–Crippen LogP) is 2.67. The number of hydrogen-bond acceptors (Lipinski definition) is 4. The van der Waals surface area contributed by atoms with Crippen LogP contribution in [0.25, 0.3) is 0 Å². The summed E-state index contributed by atoms with van der Waals surface area (Å²) in [5.74, 6) is 2.18. The summed E-state index contributed by atoms with van der Waals surface area (Å²) in [4.78, 5) is 4.18. The highest BCUT2D eigenvalue weighted by atomic mass is 16.5. The highest BCUT2D eigenvalue weighted by Gasteiger charge is 1.98. The van der Waals surface area contributed by atoms with Crippen LogP contribution in [0.1, 0.15) is 12.5 Å². The lowest BCUT2D eigenvalue weighted by Crippen LogP contribution is -2.03. The molecule has 18 heavy (non-hydrogen) atoms. The number of hydrogen-bond donors (Lipinski definition) is 2. The Morgan fingerprint density at radius 1 is 1.22 bits per heavy atom. The van der Waals surface area contributed by atoms with Crippen molar-refractivity contribution in [3.05, 3.63) is 48.0 Å². The van der Waals surface area contributed by atoms with Gasteiger partial charge in [-0.15, -0.1) is 0 Å². The van der Waals surface area contributed by atoms with Crippen LogP contribution < -0.4 is 15.8 Å². The molecule has 4 heteroatoms. The quantitative estimate of drug-likeness (QED) is 0.847. The van der Waals surface area contributed by atoms with E-state index < -0.39 is 0 Å². The van der Waals surface area contributed by atoms with Gasteiger partial charge in [0.2, 0.25) is 0 Å². The molecule has 0 atom stereocenters. The number of aromatic nitrogens is 1. The molecule has 1 aromatic heterocycles. The summed E-state index contributed by atoms with van der Waals surface area (Å²) in [6.45, 7) is 3.34. The molecular weight excluding hydrogens is 226 g/mol. The minimum absolute atomic E-state index is 0.517. The van der Waals surface area contributed by atoms with E-state index in [1.165, 1.54) is 0 Å². The molecule has 1 aromatic carbocycles. The van der Waals surface area contributed by atoms with E-state index in [2.05, 4.69) is 10.3 Å². The first-order valence-electron chi connectivity index (χ1n) is 5.96. The lowest BCUT2D eigenvalue weighted by atomic mass is 10.2. The van der Waals surface area contributed by atoms with E-state index in [0.29, 0.717) is 19.0 Å². The first-order chi connectivity index (χ1) is 8.78. The molecule has 2 rings (SSSR count). The monoisotopic (exact) mass is 243 g/mol. The third-order valence-corrected chi connectivity index (χ3v) is 2.45. The second-order valence-corrected chi connectivity index (χ2v) is 3.88. The Labute approximate surface area is 107 Å². The summed E-state index contributed by atoms with van der Waals surface area (Å²) >= 11 is 0. The van der Waals surface area contributed by atoms with E-state index in [9.17, 15) is 0 Å². The second kappa shape index (κ2) is 5.91. The summed E-state index contributed by atoms with van der Waals surface area (Å²) < 4.78 is 5.45. The second-order valence-electron chi connectivity index (χ2n) is 3.88. The fourth-order valence-electron chi connectivity index (χ4n) is 1.65. The third-order valence-electron chi connectivity index (χ3n) is 2.45. The molecule has 94 valence electrons. The van der Waals surface area contributed by atoms with Crippen LogP contribution in [0.4, 0.5) is 11.6 Å². The highest BCUT2D eigenvalue weighted by Crippen LogP contribution is 2.14. The molecule has 0 bridgehead atoms. The maximum absolute atomic E-state index is 5.62. The topological polar surface area (TPSA) is 60.2 Å². The minimum atomic E-state index is 0.517. The molecule has 0 aliphatic carbocycles. The largest absolute Gasteiger partial charge is 0.494 e. The number of nitrogens with one attached hydrogen (secondary N) is 1. The number of nitrogen functional groups attached to an aromatic ring is 1. The van der Waals surface area contributed by atoms with E-state index in [1.54, 1.807) is 6.07 Å². The van der Waals surface area contributed by atoms with E-state index in [1.807, 2.05) is 43.3 Å². The van der Waals surface area contributed by atoms with Crippen molar-refractivity contribution >= 4 is 11.6 Å². The van der Waals surface area contributed by atoms with Gasteiger partial charge in [-0.2, -0.15) is 0 Å². The van der Waals surface area contributed by atoms with Crippen LogP contribution in [0, 0.1) is 0 Å². The van der Waals surface area contributed by atoms with Crippen molar-refractivity contribution in [2.45, 2.75) is 13.5 Å². The summed E-state index contributed by atoms with van der Waals surface area (Å²) in [6.07, 6.45) is 0. The van der Waals surface area contributed by atoms with Gasteiger partial charge in [-0.3, -0.25) is 0 Å². The molecular formula is C14H17N3O. The van der Waals surface area contributed by atoms with Gasteiger partial charge in [-0.25, -0.2) is 4.98 Å². The van der Waals surface area contributed by atoms with Gasteiger partial charge in [0.25, 0.3) is 0 Å². The Morgan fingerprint density at radius 2 is 2.06 bits per heavy atom. The Kier molecular flexibility index (Phi) is 4.02. The Hall–Kier alpha value is -2.23. The van der Waals surface area contributed by atoms with Crippen LogP contribution >= 0.6 is 0 Å². The van der Waals surface area contributed by atoms with Crippen molar-refractivity contribution in [1.29, 1.82) is 0 Å². The zero-order valence-electron chi connectivity index (χ0n) is 10.4. The van der Waals surface area contributed by atoms with Gasteiger partial charge in [-0.05, 0) is 36.8 Å². The number of pyridine rings is 1. The molecule has 0 radical (unpaired) electrons. The van der Waals surface area contributed by atoms with Crippen LogP contribution in [0.2, 0.25) is 0 Å². The Bertz CT molecular complexity index is 514. The maximum atomic E-state index is 5.62. The van der Waals surface area contributed by atoms with Crippen molar-refractivity contribution < 1.29 is 4.74 Å². The lowest BCUT2D eigenvalue weighted by Gasteiger charge is -2.08. The van der Waals surface area contributed by atoms with Crippen molar-refractivity contribution in [2.24, 2.45) is 0 Å². The molecule has 0 amide bonds. The molecule has 3 N–H and O–H groups in total. The number of ether oxygens (including phenoxy) is 1. The van der Waals surface area contributed by atoms with Gasteiger partial charge in [0.15, 0.2) is 0 Å². The minimum Gasteiger partial charge on any atom is -0.494 e. The summed E-state index contributed by atoms with van der Waals surface area (Å²) in [6, 6.07) is 13.5. The van der Waals surface area contributed by atoms with Crippen molar-refractivity contribution in [2.75, 3.05) is 17.7 Å². The van der Waals surface area contributed by atoms with Crippen molar-refractivity contribution in [3.8, 4) is 5.75 Å². The Morgan fingerprint density at radius 3 is 2.83 bits per heavy atom. The predicted molar refractivity (Wildman–Crippen MR) is 73.6 cm³/mol. The number of benzene rings is 1. The first kappa shape index (κ1) is 12.2. The fourth-order valence-corrected chi connectivity index (χ4v) is 1.65. The maximum Gasteiger partial charge on any atom is 0.128 e. The SMILES string of the molecule is CCOc1cccc(CNc2cccc(N)n2)c1. The molecule has 1 heterocycles. The molecule has 0 fully saturated rings. The number of nitrogens with two attached hydrogens (primary N) is 1. The molecule has 0 aliphatic heterocycles. The zero-order chi connectivity index (χ0) is 12.8. The van der Waals surface area contributed by atoms with Gasteiger partial charge in [-0.1, -0.05) is 18.2 Å². The van der Waals surface area contributed by atoms with E-state index >= 15 is 0 Å². The molecule has 0 aliphatic rings. The molecule has 4 nitrogen and oxygen atoms in total. The van der Waals surface area contributed by atoms with Gasteiger partial charge >= 0.3 is 0 Å². The molecule has 0 saturated carbocycles. The standard InChI is InChI=1S/C14H17N3O/c1-2-18-12-6-3-5-11(9-12)10-16-14-8-4-7-13(15)17-14/h3-9H,2,10H2,1H3,(H3,15,16,17). The van der Waals surface area contributed by atoms with E-state index in [0.717, 1.165) is 17.1 Å². The van der Waals surface area contributed by atoms with Crippen molar-refractivity contribution in [1.82, 2.24) is 4.98 Å². The van der Waals surface area contributed by atoms with Gasteiger partial charge in [0, 0.05) is 6.54 Å². The van der Waals surface area contributed by atoms with Crippen LogP contribution in [-0.2, 0) is 6.54 Å². The molecule has 0 unspecified atom stereocenters. The summed E-state index contributed by atoms with van der Waals surface area (Å²) in [5, 5.41) is 3.22. The average Bonchev–Trinajstić information content (AvgIpc) is 2.37. The highest BCUT2D eigenvalue weighted by molar-refractivity contribution is 5.43. The van der Waals surface area contributed by atoms with Crippen LogP contribution in [0.3, 0.4) is 0 Å². The molecule has 0 spiro atoms. The zero-order valence-corrected chi connectivity index (χ0v) is 10.4. The molecule has 2 aromatic rings. The van der Waals surface area contributed by atoms with Gasteiger partial charge in [0.1, 0.15) is 17.4 Å². The number of anilines is 2. The number of nitrogens with zero attached hydrogens (tertiary/aromatic N) is 1. The van der Waals surface area contributed by atoms with Crippen LogP contribution in [-0.4, -0.2) is 11.6 Å². The van der Waals surface area contributed by atoms with E-state index in [4.69, 9.17) is 10.5 Å². The van der Waals surface area contributed by atoms with Crippen LogP contribution in [0.15, 0.2) is 42.5 Å². The summed E-state index contributed by atoms with van der Waals surface area (Å²) in [5.41, 5.74) is 6.76. The Balaban J connectivity index is 1.99. The third kappa shape index (κ3) is 3.38. The average molecular weight is 243 g/mol.